The average Bonchev–Trinajstić information content (AvgIpc) is 3.04. The Kier molecular flexibility index (Phi) is 3.34. The molecule has 0 radical (unpaired) electrons. The van der Waals surface area contributed by atoms with Gasteiger partial charge in [-0.05, 0) is 17.7 Å². The average molecular weight is 341 g/mol. The minimum absolute atomic E-state index is 0.151. The second-order valence-corrected chi connectivity index (χ2v) is 5.77. The summed E-state index contributed by atoms with van der Waals surface area (Å²) in [6.07, 6.45) is -2.97. The van der Waals surface area contributed by atoms with Crippen molar-refractivity contribution in [2.24, 2.45) is 0 Å². The Morgan fingerprint density at radius 3 is 2.67 bits per heavy atom. The zero-order valence-electron chi connectivity index (χ0n) is 12.4. The van der Waals surface area contributed by atoms with Crippen LogP contribution in [-0.4, -0.2) is 28.1 Å². The molecular weight excluding hydrogens is 327 g/mol. The lowest BCUT2D eigenvalue weighted by molar-refractivity contribution is -0.274. The molecule has 0 bridgehead atoms. The van der Waals surface area contributed by atoms with Crippen LogP contribution in [0.3, 0.4) is 0 Å². The van der Waals surface area contributed by atoms with Gasteiger partial charge in [-0.25, -0.2) is 0 Å². The minimum atomic E-state index is -4.70. The van der Waals surface area contributed by atoms with Gasteiger partial charge in [-0.2, -0.15) is 4.98 Å². The Hall–Kier alpha value is -2.42. The summed E-state index contributed by atoms with van der Waals surface area (Å²) in [6, 6.07) is 6.16. The molecule has 4 rings (SSSR count). The predicted octanol–water partition coefficient (Wildman–Crippen LogP) is 2.66. The molecule has 1 fully saturated rings. The zero-order chi connectivity index (χ0) is 16.9. The fourth-order valence-corrected chi connectivity index (χ4v) is 3.07. The maximum Gasteiger partial charge on any atom is 0.573 e. The van der Waals surface area contributed by atoms with Crippen molar-refractivity contribution in [3.05, 3.63) is 36.0 Å². The van der Waals surface area contributed by atoms with Gasteiger partial charge in [0.15, 0.2) is 0 Å². The highest BCUT2D eigenvalue weighted by Crippen LogP contribution is 2.39. The molecule has 1 saturated heterocycles. The largest absolute Gasteiger partial charge is 0.573 e. The van der Waals surface area contributed by atoms with Crippen LogP contribution >= 0.6 is 0 Å². The summed E-state index contributed by atoms with van der Waals surface area (Å²) in [5.74, 6) is 0.135. The normalized spacial score (nSPS) is 25.7. The van der Waals surface area contributed by atoms with Crippen molar-refractivity contribution in [1.29, 1.82) is 0 Å². The fourth-order valence-electron chi connectivity index (χ4n) is 3.07. The second-order valence-electron chi connectivity index (χ2n) is 5.77. The van der Waals surface area contributed by atoms with E-state index in [0.717, 1.165) is 5.56 Å². The summed E-state index contributed by atoms with van der Waals surface area (Å²) < 4.78 is 54.0. The number of anilines is 1. The first-order valence-electron chi connectivity index (χ1n) is 7.38. The number of rotatable bonds is 2. The standard InChI is InChI=1S/C15H14F3N3O3/c16-15(17,18)24-9-3-1-8(2-4-9)10-5-11-12(22-10)6-21-7-13(19)20-14(21)23-11/h1-4,7,10-12H,5-6,19H2/t10-,11?,12-/m0/s1. The van der Waals surface area contributed by atoms with E-state index in [9.17, 15) is 13.2 Å². The van der Waals surface area contributed by atoms with E-state index in [4.69, 9.17) is 15.2 Å². The van der Waals surface area contributed by atoms with Crippen molar-refractivity contribution in [1.82, 2.24) is 9.55 Å². The summed E-state index contributed by atoms with van der Waals surface area (Å²) in [7, 11) is 0. The number of ether oxygens (including phenoxy) is 3. The monoisotopic (exact) mass is 341 g/mol. The van der Waals surface area contributed by atoms with Gasteiger partial charge in [-0.3, -0.25) is 4.57 Å². The molecule has 2 aromatic rings. The van der Waals surface area contributed by atoms with Crippen LogP contribution in [0, 0.1) is 0 Å². The lowest BCUT2D eigenvalue weighted by atomic mass is 10.0. The number of alkyl halides is 3. The third kappa shape index (κ3) is 2.86. The highest BCUT2D eigenvalue weighted by Gasteiger charge is 2.41. The number of nitrogens with zero attached hydrogens (tertiary/aromatic N) is 2. The second kappa shape index (κ2) is 5.30. The number of aromatic nitrogens is 2. The molecule has 1 aromatic carbocycles. The van der Waals surface area contributed by atoms with Gasteiger partial charge < -0.3 is 19.9 Å². The van der Waals surface area contributed by atoms with Crippen molar-refractivity contribution in [3.8, 4) is 11.8 Å². The Morgan fingerprint density at radius 1 is 1.21 bits per heavy atom. The third-order valence-corrected chi connectivity index (χ3v) is 4.08. The van der Waals surface area contributed by atoms with Gasteiger partial charge in [0, 0.05) is 6.42 Å². The Balaban J connectivity index is 1.45. The lowest BCUT2D eigenvalue weighted by Gasteiger charge is -2.25. The molecule has 1 aromatic heterocycles. The van der Waals surface area contributed by atoms with E-state index < -0.39 is 6.36 Å². The van der Waals surface area contributed by atoms with Gasteiger partial charge >= 0.3 is 6.36 Å². The maximum atomic E-state index is 12.2. The van der Waals surface area contributed by atoms with Gasteiger partial charge in [0.2, 0.25) is 0 Å². The third-order valence-electron chi connectivity index (χ3n) is 4.08. The Labute approximate surface area is 134 Å². The van der Waals surface area contributed by atoms with Gasteiger partial charge in [0.1, 0.15) is 23.8 Å². The molecule has 0 saturated carbocycles. The van der Waals surface area contributed by atoms with E-state index in [1.54, 1.807) is 22.9 Å². The molecule has 2 aliphatic heterocycles. The molecule has 2 N–H and O–H groups in total. The number of fused-ring (bicyclic) bond motifs is 2. The molecule has 0 spiro atoms. The smallest absolute Gasteiger partial charge is 0.458 e. The number of halogens is 3. The molecule has 3 heterocycles. The van der Waals surface area contributed by atoms with Gasteiger partial charge in [0.25, 0.3) is 6.01 Å². The Bertz CT molecular complexity index is 713. The number of imidazole rings is 1. The molecule has 6 nitrogen and oxygen atoms in total. The van der Waals surface area contributed by atoms with Crippen molar-refractivity contribution in [2.45, 2.75) is 37.6 Å². The molecule has 2 aliphatic rings. The van der Waals surface area contributed by atoms with Crippen LogP contribution < -0.4 is 15.2 Å². The molecular formula is C15H14F3N3O3. The fraction of sp³-hybridized carbons (Fsp3) is 0.400. The van der Waals surface area contributed by atoms with E-state index in [-0.39, 0.29) is 24.1 Å². The van der Waals surface area contributed by atoms with Crippen LogP contribution in [0.25, 0.3) is 0 Å². The molecule has 0 aliphatic carbocycles. The van der Waals surface area contributed by atoms with Crippen molar-refractivity contribution in [3.63, 3.8) is 0 Å². The molecule has 0 amide bonds. The number of nitrogens with two attached hydrogens (primary N) is 1. The van der Waals surface area contributed by atoms with E-state index in [2.05, 4.69) is 9.72 Å². The number of benzene rings is 1. The highest BCUT2D eigenvalue weighted by molar-refractivity contribution is 5.31. The van der Waals surface area contributed by atoms with Crippen LogP contribution in [-0.2, 0) is 11.3 Å². The molecule has 9 heteroatoms. The van der Waals surface area contributed by atoms with Crippen LogP contribution in [0.15, 0.2) is 30.5 Å². The number of nitrogen functional groups attached to an aromatic ring is 1. The van der Waals surface area contributed by atoms with Crippen molar-refractivity contribution >= 4 is 5.82 Å². The first-order valence-corrected chi connectivity index (χ1v) is 7.38. The van der Waals surface area contributed by atoms with Crippen LogP contribution in [0.4, 0.5) is 19.0 Å². The summed E-state index contributed by atoms with van der Waals surface area (Å²) >= 11 is 0. The summed E-state index contributed by atoms with van der Waals surface area (Å²) in [6.45, 7) is 0.579. The Morgan fingerprint density at radius 2 is 1.96 bits per heavy atom. The first-order chi connectivity index (χ1) is 11.4. The molecule has 1 unspecified atom stereocenters. The van der Waals surface area contributed by atoms with Crippen LogP contribution in [0.5, 0.6) is 11.8 Å². The first kappa shape index (κ1) is 15.1. The highest BCUT2D eigenvalue weighted by atomic mass is 19.4. The lowest BCUT2D eigenvalue weighted by Crippen LogP contribution is -2.36. The van der Waals surface area contributed by atoms with Crippen molar-refractivity contribution < 1.29 is 27.4 Å². The maximum absolute atomic E-state index is 12.2. The summed E-state index contributed by atoms with van der Waals surface area (Å²) in [4.78, 5) is 4.09. The van der Waals surface area contributed by atoms with E-state index in [0.29, 0.717) is 24.8 Å². The molecule has 128 valence electrons. The zero-order valence-corrected chi connectivity index (χ0v) is 12.4. The topological polar surface area (TPSA) is 71.5 Å². The quantitative estimate of drug-likeness (QED) is 0.909. The van der Waals surface area contributed by atoms with Gasteiger partial charge in [-0.15, -0.1) is 13.2 Å². The predicted molar refractivity (Wildman–Crippen MR) is 76.4 cm³/mol. The summed E-state index contributed by atoms with van der Waals surface area (Å²) in [5.41, 5.74) is 6.42. The van der Waals surface area contributed by atoms with E-state index >= 15 is 0 Å². The van der Waals surface area contributed by atoms with Crippen molar-refractivity contribution in [2.75, 3.05) is 5.73 Å². The molecule has 24 heavy (non-hydrogen) atoms. The van der Waals surface area contributed by atoms with Gasteiger partial charge in [-0.1, -0.05) is 12.1 Å². The van der Waals surface area contributed by atoms with Gasteiger partial charge in [0.05, 0.1) is 18.8 Å². The number of hydrogen-bond donors (Lipinski definition) is 1. The van der Waals surface area contributed by atoms with E-state index in [1.807, 2.05) is 0 Å². The van der Waals surface area contributed by atoms with E-state index in [1.165, 1.54) is 12.1 Å². The minimum Gasteiger partial charge on any atom is -0.458 e. The van der Waals surface area contributed by atoms with Crippen LogP contribution in [0.2, 0.25) is 0 Å². The number of hydrogen-bond acceptors (Lipinski definition) is 5. The molecule has 3 atom stereocenters. The van der Waals surface area contributed by atoms with Crippen LogP contribution in [0.1, 0.15) is 18.1 Å². The summed E-state index contributed by atoms with van der Waals surface area (Å²) in [5, 5.41) is 0. The SMILES string of the molecule is Nc1cn2c(n1)OC1C[C@@H](c3ccc(OC(F)(F)F)cc3)O[C@H]1C2.